The molecule has 0 amide bonds. The van der Waals surface area contributed by atoms with Crippen LogP contribution in [-0.2, 0) is 6.54 Å². The molecule has 1 fully saturated rings. The lowest BCUT2D eigenvalue weighted by molar-refractivity contribution is 0.604. The van der Waals surface area contributed by atoms with Crippen molar-refractivity contribution in [1.29, 1.82) is 5.26 Å². The average molecular weight is 260 g/mol. The Bertz CT molecular complexity index is 415. The monoisotopic (exact) mass is 260 g/mol. The third-order valence-electron chi connectivity index (χ3n) is 3.46. The summed E-state index contributed by atoms with van der Waals surface area (Å²) in [5.41, 5.74) is 1.67. The lowest BCUT2D eigenvalue weighted by Crippen LogP contribution is -2.11. The summed E-state index contributed by atoms with van der Waals surface area (Å²) >= 11 is 1.89. The number of nitrogens with zero attached hydrogens (tertiary/aromatic N) is 1. The van der Waals surface area contributed by atoms with Crippen LogP contribution < -0.4 is 5.32 Å². The van der Waals surface area contributed by atoms with Gasteiger partial charge in [-0.05, 0) is 42.5 Å². The molecular formula is C15H20N2S. The molecule has 2 nitrogen and oxygen atoms in total. The summed E-state index contributed by atoms with van der Waals surface area (Å²) in [5.74, 6) is 1.09. The van der Waals surface area contributed by atoms with Gasteiger partial charge in [0.25, 0.3) is 0 Å². The van der Waals surface area contributed by atoms with Crippen LogP contribution in [0.15, 0.2) is 29.2 Å². The van der Waals surface area contributed by atoms with Gasteiger partial charge in [0.05, 0.1) is 6.07 Å². The van der Waals surface area contributed by atoms with E-state index in [-0.39, 0.29) is 0 Å². The van der Waals surface area contributed by atoms with E-state index in [2.05, 4.69) is 42.6 Å². The van der Waals surface area contributed by atoms with E-state index in [0.29, 0.717) is 5.41 Å². The zero-order chi connectivity index (χ0) is 12.8. The predicted molar refractivity (Wildman–Crippen MR) is 76.4 cm³/mol. The van der Waals surface area contributed by atoms with Crippen LogP contribution in [0, 0.1) is 16.7 Å². The van der Waals surface area contributed by atoms with Crippen LogP contribution in [0.2, 0.25) is 0 Å². The minimum Gasteiger partial charge on any atom is -0.313 e. The van der Waals surface area contributed by atoms with Crippen molar-refractivity contribution in [1.82, 2.24) is 5.32 Å². The summed E-state index contributed by atoms with van der Waals surface area (Å²) in [7, 11) is 0. The predicted octanol–water partition coefficient (Wildman–Crippen LogP) is 3.58. The van der Waals surface area contributed by atoms with Gasteiger partial charge in [-0.3, -0.25) is 0 Å². The fraction of sp³-hybridized carbons (Fsp3) is 0.533. The number of thioether (sulfide) groups is 1. The third-order valence-corrected chi connectivity index (χ3v) is 4.82. The molecule has 1 aromatic rings. The Morgan fingerprint density at radius 1 is 1.33 bits per heavy atom. The number of benzene rings is 1. The highest BCUT2D eigenvalue weighted by atomic mass is 32.2. The van der Waals surface area contributed by atoms with Crippen LogP contribution in [0.25, 0.3) is 0 Å². The van der Waals surface area contributed by atoms with Crippen LogP contribution in [-0.4, -0.2) is 12.3 Å². The van der Waals surface area contributed by atoms with Crippen LogP contribution in [0.1, 0.15) is 31.7 Å². The van der Waals surface area contributed by atoms with Gasteiger partial charge in [-0.15, -0.1) is 11.8 Å². The summed E-state index contributed by atoms with van der Waals surface area (Å²) in [6.45, 7) is 4.07. The number of nitriles is 1. The van der Waals surface area contributed by atoms with Crippen molar-refractivity contribution in [3.8, 4) is 6.07 Å². The molecule has 2 rings (SSSR count). The molecule has 1 saturated carbocycles. The molecule has 0 saturated heterocycles. The quantitative estimate of drug-likeness (QED) is 0.761. The zero-order valence-electron chi connectivity index (χ0n) is 10.9. The molecule has 0 atom stereocenters. The Hall–Kier alpha value is -0.980. The van der Waals surface area contributed by atoms with E-state index in [4.69, 9.17) is 5.26 Å². The van der Waals surface area contributed by atoms with Gasteiger partial charge in [-0.25, -0.2) is 0 Å². The van der Waals surface area contributed by atoms with Gasteiger partial charge in [-0.2, -0.15) is 5.26 Å². The van der Waals surface area contributed by atoms with Crippen LogP contribution in [0.5, 0.6) is 0 Å². The second-order valence-corrected chi connectivity index (χ2v) is 6.10. The van der Waals surface area contributed by atoms with Crippen molar-refractivity contribution in [2.24, 2.45) is 5.41 Å². The molecule has 1 aliphatic rings. The highest BCUT2D eigenvalue weighted by Crippen LogP contribution is 2.51. The second-order valence-electron chi connectivity index (χ2n) is 5.05. The van der Waals surface area contributed by atoms with E-state index in [0.717, 1.165) is 25.3 Å². The van der Waals surface area contributed by atoms with Gasteiger partial charge in [0.1, 0.15) is 0 Å². The van der Waals surface area contributed by atoms with Crippen LogP contribution >= 0.6 is 11.8 Å². The molecule has 0 radical (unpaired) electrons. The molecule has 0 unspecified atom stereocenters. The number of hydrogen-bond donors (Lipinski definition) is 1. The lowest BCUT2D eigenvalue weighted by atomic mass is 10.1. The van der Waals surface area contributed by atoms with E-state index in [1.807, 2.05) is 11.8 Å². The zero-order valence-corrected chi connectivity index (χ0v) is 11.7. The maximum Gasteiger partial charge on any atom is 0.0627 e. The molecule has 1 N–H and O–H groups in total. The van der Waals surface area contributed by atoms with Crippen molar-refractivity contribution >= 4 is 11.8 Å². The lowest BCUT2D eigenvalue weighted by Gasteiger charge is -2.10. The molecule has 3 heteroatoms. The average Bonchev–Trinajstić information content (AvgIpc) is 3.16. The topological polar surface area (TPSA) is 35.8 Å². The fourth-order valence-corrected chi connectivity index (χ4v) is 3.12. The van der Waals surface area contributed by atoms with Crippen LogP contribution in [0.3, 0.4) is 0 Å². The Balaban J connectivity index is 1.81. The smallest absolute Gasteiger partial charge is 0.0627 e. The molecule has 18 heavy (non-hydrogen) atoms. The van der Waals surface area contributed by atoms with Gasteiger partial charge < -0.3 is 5.32 Å². The fourth-order valence-electron chi connectivity index (χ4n) is 1.93. The first-order valence-corrected chi connectivity index (χ1v) is 7.56. The van der Waals surface area contributed by atoms with E-state index in [1.54, 1.807) is 0 Å². The van der Waals surface area contributed by atoms with Crippen molar-refractivity contribution in [2.45, 2.75) is 37.6 Å². The van der Waals surface area contributed by atoms with Gasteiger partial charge >= 0.3 is 0 Å². The summed E-state index contributed by atoms with van der Waals surface area (Å²) in [6.07, 6.45) is 3.18. The highest BCUT2D eigenvalue weighted by Gasteiger charge is 2.42. The molecular weight excluding hydrogens is 240 g/mol. The second kappa shape index (κ2) is 6.26. The molecule has 1 aliphatic carbocycles. The maximum atomic E-state index is 8.79. The van der Waals surface area contributed by atoms with Crippen molar-refractivity contribution in [3.05, 3.63) is 29.8 Å². The Morgan fingerprint density at radius 2 is 2.06 bits per heavy atom. The number of hydrogen-bond acceptors (Lipinski definition) is 3. The summed E-state index contributed by atoms with van der Waals surface area (Å²) < 4.78 is 0. The Kier molecular flexibility index (Phi) is 4.68. The standard InChI is InChI=1S/C15H20N2S/c1-2-17-11-13-3-5-14(6-4-13)18-12-15(7-8-15)9-10-16/h3-6,17H,2,7-9,11-12H2,1H3. The molecule has 0 heterocycles. The molecule has 96 valence electrons. The normalized spacial score (nSPS) is 16.2. The summed E-state index contributed by atoms with van der Waals surface area (Å²) in [4.78, 5) is 1.32. The minimum atomic E-state index is 0.335. The first kappa shape index (κ1) is 13.5. The number of rotatable bonds is 7. The first-order chi connectivity index (χ1) is 8.78. The van der Waals surface area contributed by atoms with Crippen molar-refractivity contribution < 1.29 is 0 Å². The van der Waals surface area contributed by atoms with Gasteiger partial charge in [0.15, 0.2) is 0 Å². The van der Waals surface area contributed by atoms with Crippen LogP contribution in [0.4, 0.5) is 0 Å². The molecule has 1 aromatic carbocycles. The third kappa shape index (κ3) is 3.76. The minimum absolute atomic E-state index is 0.335. The largest absolute Gasteiger partial charge is 0.313 e. The van der Waals surface area contributed by atoms with E-state index in [1.165, 1.54) is 23.3 Å². The van der Waals surface area contributed by atoms with E-state index in [9.17, 15) is 0 Å². The molecule has 0 aliphatic heterocycles. The summed E-state index contributed by atoms with van der Waals surface area (Å²) in [5, 5.41) is 12.1. The molecule has 0 spiro atoms. The van der Waals surface area contributed by atoms with Crippen molar-refractivity contribution in [2.75, 3.05) is 12.3 Å². The SMILES string of the molecule is CCNCc1ccc(SCC2(CC#N)CC2)cc1. The number of nitrogens with one attached hydrogen (secondary N) is 1. The Labute approximate surface area is 114 Å². The van der Waals surface area contributed by atoms with E-state index >= 15 is 0 Å². The molecule has 0 bridgehead atoms. The maximum absolute atomic E-state index is 8.79. The van der Waals surface area contributed by atoms with Gasteiger partial charge in [0, 0.05) is 23.6 Å². The van der Waals surface area contributed by atoms with Crippen molar-refractivity contribution in [3.63, 3.8) is 0 Å². The van der Waals surface area contributed by atoms with Gasteiger partial charge in [0.2, 0.25) is 0 Å². The summed E-state index contributed by atoms with van der Waals surface area (Å²) in [6, 6.07) is 11.1. The van der Waals surface area contributed by atoms with E-state index < -0.39 is 0 Å². The highest BCUT2D eigenvalue weighted by molar-refractivity contribution is 7.99. The van der Waals surface area contributed by atoms with Gasteiger partial charge in [-0.1, -0.05) is 19.1 Å². The Morgan fingerprint density at radius 3 is 2.61 bits per heavy atom. The molecule has 0 aromatic heterocycles. The first-order valence-electron chi connectivity index (χ1n) is 6.57.